The van der Waals surface area contributed by atoms with E-state index in [9.17, 15) is 4.79 Å². The number of aromatic nitrogens is 1. The van der Waals surface area contributed by atoms with E-state index in [4.69, 9.17) is 11.6 Å². The highest BCUT2D eigenvalue weighted by Gasteiger charge is 2.21. The Balaban J connectivity index is 2.65. The first kappa shape index (κ1) is 11.5. The monoisotopic (exact) mass is 232 g/mol. The Bertz CT molecular complexity index is 330. The van der Waals surface area contributed by atoms with Gasteiger partial charge in [-0.1, -0.05) is 20.8 Å². The molecule has 1 rings (SSSR count). The van der Waals surface area contributed by atoms with Crippen LogP contribution in [0.2, 0.25) is 0 Å². The molecule has 1 N–H and O–H groups in total. The predicted molar refractivity (Wildman–Crippen MR) is 59.8 cm³/mol. The summed E-state index contributed by atoms with van der Waals surface area (Å²) in [5, 5.41) is 5.20. The molecular formula is C9H13ClN2OS. The third-order valence-corrected chi connectivity index (χ3v) is 2.67. The van der Waals surface area contributed by atoms with Crippen LogP contribution in [0.15, 0.2) is 5.38 Å². The summed E-state index contributed by atoms with van der Waals surface area (Å²) >= 11 is 6.99. The van der Waals surface area contributed by atoms with Crippen molar-refractivity contribution in [2.45, 2.75) is 26.7 Å². The fourth-order valence-electron chi connectivity index (χ4n) is 0.710. The summed E-state index contributed by atoms with van der Waals surface area (Å²) < 4.78 is 0. The van der Waals surface area contributed by atoms with Crippen molar-refractivity contribution in [3.05, 3.63) is 11.1 Å². The SMILES string of the molecule is CC(C)(C)C(=O)Nc1nc(CCl)cs1. The van der Waals surface area contributed by atoms with Crippen LogP contribution in [0.5, 0.6) is 0 Å². The summed E-state index contributed by atoms with van der Waals surface area (Å²) in [5.41, 5.74) is 0.396. The number of hydrogen-bond acceptors (Lipinski definition) is 3. The molecule has 0 spiro atoms. The molecule has 5 heteroatoms. The zero-order valence-corrected chi connectivity index (χ0v) is 10.00. The molecule has 0 bridgehead atoms. The Morgan fingerprint density at radius 1 is 1.64 bits per heavy atom. The molecule has 78 valence electrons. The van der Waals surface area contributed by atoms with E-state index < -0.39 is 5.41 Å². The molecule has 0 aliphatic carbocycles. The molecule has 0 unspecified atom stereocenters. The number of amides is 1. The molecule has 3 nitrogen and oxygen atoms in total. The number of thiazole rings is 1. The van der Waals surface area contributed by atoms with E-state index in [1.807, 2.05) is 26.2 Å². The van der Waals surface area contributed by atoms with Gasteiger partial charge in [0.25, 0.3) is 0 Å². The Morgan fingerprint density at radius 2 is 2.29 bits per heavy atom. The van der Waals surface area contributed by atoms with Crippen LogP contribution in [-0.4, -0.2) is 10.9 Å². The summed E-state index contributed by atoms with van der Waals surface area (Å²) in [7, 11) is 0. The van der Waals surface area contributed by atoms with Crippen molar-refractivity contribution < 1.29 is 4.79 Å². The van der Waals surface area contributed by atoms with Gasteiger partial charge in [0.1, 0.15) is 0 Å². The molecule has 1 aromatic rings. The highest BCUT2D eigenvalue weighted by molar-refractivity contribution is 7.14. The topological polar surface area (TPSA) is 42.0 Å². The minimum absolute atomic E-state index is 0.0343. The Hall–Kier alpha value is -0.610. The number of nitrogens with one attached hydrogen (secondary N) is 1. The molecule has 14 heavy (non-hydrogen) atoms. The van der Waals surface area contributed by atoms with Crippen LogP contribution in [-0.2, 0) is 10.7 Å². The quantitative estimate of drug-likeness (QED) is 0.797. The van der Waals surface area contributed by atoms with Crippen LogP contribution in [0.4, 0.5) is 5.13 Å². The second-order valence-corrected chi connectivity index (χ2v) is 5.11. The number of rotatable bonds is 2. The van der Waals surface area contributed by atoms with Crippen LogP contribution in [0.25, 0.3) is 0 Å². The third kappa shape index (κ3) is 2.96. The zero-order valence-electron chi connectivity index (χ0n) is 8.43. The van der Waals surface area contributed by atoms with Crippen LogP contribution in [0.3, 0.4) is 0 Å². The smallest absolute Gasteiger partial charge is 0.231 e. The Morgan fingerprint density at radius 3 is 2.71 bits per heavy atom. The van der Waals surface area contributed by atoms with E-state index in [2.05, 4.69) is 10.3 Å². The molecule has 1 amide bonds. The number of hydrogen-bond donors (Lipinski definition) is 1. The van der Waals surface area contributed by atoms with Gasteiger partial charge in [0.2, 0.25) is 5.91 Å². The molecule has 0 saturated carbocycles. The molecule has 0 aromatic carbocycles. The summed E-state index contributed by atoms with van der Waals surface area (Å²) in [6.45, 7) is 5.58. The van der Waals surface area contributed by atoms with E-state index in [1.54, 1.807) is 0 Å². The fourth-order valence-corrected chi connectivity index (χ4v) is 1.64. The minimum Gasteiger partial charge on any atom is -0.302 e. The first-order valence-electron chi connectivity index (χ1n) is 4.25. The van der Waals surface area contributed by atoms with Crippen molar-refractivity contribution in [1.29, 1.82) is 0 Å². The third-order valence-electron chi connectivity index (χ3n) is 1.59. The zero-order chi connectivity index (χ0) is 10.8. The van der Waals surface area contributed by atoms with Crippen molar-refractivity contribution in [3.8, 4) is 0 Å². The highest BCUT2D eigenvalue weighted by Crippen LogP contribution is 2.20. The van der Waals surface area contributed by atoms with Gasteiger partial charge in [-0.3, -0.25) is 4.79 Å². The summed E-state index contributed by atoms with van der Waals surface area (Å²) in [4.78, 5) is 15.7. The second kappa shape index (κ2) is 4.28. The van der Waals surface area contributed by atoms with Gasteiger partial charge in [0.05, 0.1) is 11.6 Å². The van der Waals surface area contributed by atoms with Crippen LogP contribution in [0, 0.1) is 5.41 Å². The maximum Gasteiger partial charge on any atom is 0.231 e. The lowest BCUT2D eigenvalue weighted by atomic mass is 9.96. The molecule has 0 saturated heterocycles. The first-order valence-corrected chi connectivity index (χ1v) is 5.66. The van der Waals surface area contributed by atoms with Gasteiger partial charge in [-0.2, -0.15) is 0 Å². The Kier molecular flexibility index (Phi) is 3.50. The minimum atomic E-state index is -0.396. The van der Waals surface area contributed by atoms with Gasteiger partial charge in [-0.15, -0.1) is 22.9 Å². The average molecular weight is 233 g/mol. The maximum absolute atomic E-state index is 11.6. The van der Waals surface area contributed by atoms with Gasteiger partial charge in [0.15, 0.2) is 5.13 Å². The van der Waals surface area contributed by atoms with Gasteiger partial charge in [0, 0.05) is 10.8 Å². The second-order valence-electron chi connectivity index (χ2n) is 3.98. The summed E-state index contributed by atoms with van der Waals surface area (Å²) in [5.74, 6) is 0.343. The van der Waals surface area contributed by atoms with Gasteiger partial charge >= 0.3 is 0 Å². The van der Waals surface area contributed by atoms with Crippen molar-refractivity contribution in [1.82, 2.24) is 4.98 Å². The lowest BCUT2D eigenvalue weighted by molar-refractivity contribution is -0.123. The van der Waals surface area contributed by atoms with Crippen molar-refractivity contribution >= 4 is 34.0 Å². The normalized spacial score (nSPS) is 11.4. The maximum atomic E-state index is 11.6. The lowest BCUT2D eigenvalue weighted by Gasteiger charge is -2.15. The molecular weight excluding hydrogens is 220 g/mol. The summed E-state index contributed by atoms with van der Waals surface area (Å²) in [6.07, 6.45) is 0. The largest absolute Gasteiger partial charge is 0.302 e. The van der Waals surface area contributed by atoms with Crippen molar-refractivity contribution in [2.75, 3.05) is 5.32 Å². The van der Waals surface area contributed by atoms with Crippen LogP contribution in [0.1, 0.15) is 26.5 Å². The van der Waals surface area contributed by atoms with Gasteiger partial charge in [-0.25, -0.2) is 4.98 Å². The van der Waals surface area contributed by atoms with E-state index >= 15 is 0 Å². The van der Waals surface area contributed by atoms with Crippen LogP contribution < -0.4 is 5.32 Å². The molecule has 0 aliphatic heterocycles. The number of nitrogens with zero attached hydrogens (tertiary/aromatic N) is 1. The Labute approximate surface area is 92.5 Å². The summed E-state index contributed by atoms with van der Waals surface area (Å²) in [6, 6.07) is 0. The standard InChI is InChI=1S/C9H13ClN2OS/c1-9(2,3)7(13)12-8-11-6(4-10)5-14-8/h5H,4H2,1-3H3,(H,11,12,13). The predicted octanol–water partition coefficient (Wildman–Crippen LogP) is 2.87. The van der Waals surface area contributed by atoms with E-state index in [-0.39, 0.29) is 5.91 Å². The first-order chi connectivity index (χ1) is 6.43. The number of alkyl halides is 1. The molecule has 0 radical (unpaired) electrons. The lowest BCUT2D eigenvalue weighted by Crippen LogP contribution is -2.27. The molecule has 1 aromatic heterocycles. The number of carbonyl (C=O) groups excluding carboxylic acids is 1. The van der Waals surface area contributed by atoms with E-state index in [0.717, 1.165) is 5.69 Å². The number of anilines is 1. The molecule has 0 atom stereocenters. The van der Waals surface area contributed by atoms with Crippen molar-refractivity contribution in [3.63, 3.8) is 0 Å². The van der Waals surface area contributed by atoms with Crippen LogP contribution >= 0.6 is 22.9 Å². The van der Waals surface area contributed by atoms with Gasteiger partial charge in [-0.05, 0) is 0 Å². The number of halogens is 1. The average Bonchev–Trinajstić information content (AvgIpc) is 2.50. The molecule has 0 fully saturated rings. The molecule has 0 aliphatic rings. The molecule has 1 heterocycles. The van der Waals surface area contributed by atoms with E-state index in [0.29, 0.717) is 11.0 Å². The van der Waals surface area contributed by atoms with E-state index in [1.165, 1.54) is 11.3 Å². The highest BCUT2D eigenvalue weighted by atomic mass is 35.5. The number of carbonyl (C=O) groups is 1. The fraction of sp³-hybridized carbons (Fsp3) is 0.556. The van der Waals surface area contributed by atoms with Crippen molar-refractivity contribution in [2.24, 2.45) is 5.41 Å². The van der Waals surface area contributed by atoms with Gasteiger partial charge < -0.3 is 5.32 Å².